The summed E-state index contributed by atoms with van der Waals surface area (Å²) >= 11 is 12.1. The smallest absolute Gasteiger partial charge is 0.227 e. The molecule has 0 spiro atoms. The highest BCUT2D eigenvalue weighted by Gasteiger charge is 2.21. The number of hydrogen-bond acceptors (Lipinski definition) is 2. The molecule has 3 nitrogen and oxygen atoms in total. The molecule has 1 aliphatic heterocycles. The number of carbonyl (C=O) groups is 1. The number of benzene rings is 1. The molecule has 0 unspecified atom stereocenters. The number of likely N-dealkylation sites (tertiary alicyclic amines) is 1. The van der Waals surface area contributed by atoms with E-state index in [-0.39, 0.29) is 18.4 Å². The van der Waals surface area contributed by atoms with Gasteiger partial charge in [0.05, 0.1) is 6.42 Å². The van der Waals surface area contributed by atoms with E-state index in [1.807, 2.05) is 4.90 Å². The van der Waals surface area contributed by atoms with Crippen molar-refractivity contribution in [2.45, 2.75) is 25.3 Å². The van der Waals surface area contributed by atoms with Gasteiger partial charge >= 0.3 is 0 Å². The fourth-order valence-corrected chi connectivity index (χ4v) is 2.64. The summed E-state index contributed by atoms with van der Waals surface area (Å²) < 4.78 is 0. The second-order valence-corrected chi connectivity index (χ2v) is 5.41. The zero-order valence-electron chi connectivity index (χ0n) is 10.0. The summed E-state index contributed by atoms with van der Waals surface area (Å²) in [6.07, 6.45) is 1.98. The maximum atomic E-state index is 12.1. The normalized spacial score (nSPS) is 16.9. The second-order valence-electron chi connectivity index (χ2n) is 4.60. The quantitative estimate of drug-likeness (QED) is 0.908. The zero-order chi connectivity index (χ0) is 13.1. The average Bonchev–Trinajstić information content (AvgIpc) is 2.34. The van der Waals surface area contributed by atoms with E-state index in [4.69, 9.17) is 28.9 Å². The first kappa shape index (κ1) is 13.7. The molecule has 2 rings (SSSR count). The van der Waals surface area contributed by atoms with Gasteiger partial charge in [-0.1, -0.05) is 29.3 Å². The van der Waals surface area contributed by atoms with Gasteiger partial charge in [-0.05, 0) is 30.5 Å². The van der Waals surface area contributed by atoms with Gasteiger partial charge in [0.15, 0.2) is 0 Å². The highest BCUT2D eigenvalue weighted by molar-refractivity contribution is 6.36. The zero-order valence-corrected chi connectivity index (χ0v) is 11.5. The Kier molecular flexibility index (Phi) is 4.49. The van der Waals surface area contributed by atoms with Crippen LogP contribution in [0, 0.1) is 0 Å². The number of carbonyl (C=O) groups excluding carboxylic acids is 1. The topological polar surface area (TPSA) is 46.3 Å². The van der Waals surface area contributed by atoms with E-state index < -0.39 is 0 Å². The van der Waals surface area contributed by atoms with Crippen LogP contribution in [0.25, 0.3) is 0 Å². The van der Waals surface area contributed by atoms with Gasteiger partial charge in [-0.2, -0.15) is 0 Å². The Labute approximate surface area is 117 Å². The molecule has 1 amide bonds. The standard InChI is InChI=1S/C13H16Cl2N2O/c14-11-2-1-3-12(15)10(11)8-13(18)17-6-4-9(16)5-7-17/h1-3,9H,4-8,16H2. The fourth-order valence-electron chi connectivity index (χ4n) is 2.11. The van der Waals surface area contributed by atoms with E-state index in [1.165, 1.54) is 0 Å². The van der Waals surface area contributed by atoms with Gasteiger partial charge in [-0.25, -0.2) is 0 Å². The van der Waals surface area contributed by atoms with Gasteiger partial charge in [-0.3, -0.25) is 4.79 Å². The Hall–Kier alpha value is -0.770. The summed E-state index contributed by atoms with van der Waals surface area (Å²) in [6, 6.07) is 5.50. The van der Waals surface area contributed by atoms with E-state index >= 15 is 0 Å². The summed E-state index contributed by atoms with van der Waals surface area (Å²) in [4.78, 5) is 14.0. The van der Waals surface area contributed by atoms with Crippen LogP contribution in [0.5, 0.6) is 0 Å². The van der Waals surface area contributed by atoms with Crippen molar-refractivity contribution in [1.82, 2.24) is 4.90 Å². The third-order valence-corrected chi connectivity index (χ3v) is 3.99. The van der Waals surface area contributed by atoms with Gasteiger partial charge in [0, 0.05) is 29.2 Å². The molecule has 2 N–H and O–H groups in total. The van der Waals surface area contributed by atoms with Crippen molar-refractivity contribution in [3.05, 3.63) is 33.8 Å². The van der Waals surface area contributed by atoms with Gasteiger partial charge in [0.1, 0.15) is 0 Å². The SMILES string of the molecule is NC1CCN(C(=O)Cc2c(Cl)cccc2Cl)CC1. The van der Waals surface area contributed by atoms with Crippen LogP contribution in [0.4, 0.5) is 0 Å². The summed E-state index contributed by atoms with van der Waals surface area (Å²) in [5.41, 5.74) is 6.53. The molecule has 5 heteroatoms. The number of piperidine rings is 1. The number of nitrogens with zero attached hydrogens (tertiary/aromatic N) is 1. The van der Waals surface area contributed by atoms with Crippen LogP contribution >= 0.6 is 23.2 Å². The third-order valence-electron chi connectivity index (χ3n) is 3.28. The van der Waals surface area contributed by atoms with E-state index in [0.717, 1.165) is 25.9 Å². The van der Waals surface area contributed by atoms with E-state index in [9.17, 15) is 4.79 Å². The lowest BCUT2D eigenvalue weighted by molar-refractivity contribution is -0.131. The molecule has 18 heavy (non-hydrogen) atoms. The highest BCUT2D eigenvalue weighted by Crippen LogP contribution is 2.25. The van der Waals surface area contributed by atoms with E-state index in [1.54, 1.807) is 18.2 Å². The molecular formula is C13H16Cl2N2O. The predicted molar refractivity (Wildman–Crippen MR) is 74.0 cm³/mol. The minimum Gasteiger partial charge on any atom is -0.342 e. The van der Waals surface area contributed by atoms with Crippen LogP contribution in [-0.4, -0.2) is 29.9 Å². The first-order valence-corrected chi connectivity index (χ1v) is 6.80. The Morgan fingerprint density at radius 1 is 1.28 bits per heavy atom. The molecule has 1 heterocycles. The number of amides is 1. The van der Waals surface area contributed by atoms with Crippen molar-refractivity contribution < 1.29 is 4.79 Å². The summed E-state index contributed by atoms with van der Waals surface area (Å²) in [7, 11) is 0. The molecule has 0 atom stereocenters. The number of rotatable bonds is 2. The minimum absolute atomic E-state index is 0.0666. The summed E-state index contributed by atoms with van der Waals surface area (Å²) in [5.74, 6) is 0.0666. The molecule has 1 aromatic rings. The fraction of sp³-hybridized carbons (Fsp3) is 0.462. The van der Waals surface area contributed by atoms with Crippen molar-refractivity contribution >= 4 is 29.1 Å². The molecule has 1 aliphatic rings. The molecule has 1 aromatic carbocycles. The molecule has 0 aliphatic carbocycles. The van der Waals surface area contributed by atoms with Crippen molar-refractivity contribution in [3.63, 3.8) is 0 Å². The second kappa shape index (κ2) is 5.91. The minimum atomic E-state index is 0.0666. The van der Waals surface area contributed by atoms with Crippen molar-refractivity contribution in [2.24, 2.45) is 5.73 Å². The summed E-state index contributed by atoms with van der Waals surface area (Å²) in [6.45, 7) is 1.45. The van der Waals surface area contributed by atoms with Crippen LogP contribution in [-0.2, 0) is 11.2 Å². The van der Waals surface area contributed by atoms with Crippen LogP contribution in [0.1, 0.15) is 18.4 Å². The van der Waals surface area contributed by atoms with E-state index in [0.29, 0.717) is 15.6 Å². The summed E-state index contributed by atoms with van der Waals surface area (Å²) in [5, 5.41) is 1.09. The lowest BCUT2D eigenvalue weighted by Crippen LogP contribution is -2.43. The first-order chi connectivity index (χ1) is 8.58. The predicted octanol–water partition coefficient (Wildman–Crippen LogP) is 2.49. The lowest BCUT2D eigenvalue weighted by Gasteiger charge is -2.30. The van der Waals surface area contributed by atoms with Crippen LogP contribution in [0.3, 0.4) is 0 Å². The Bertz CT molecular complexity index is 422. The monoisotopic (exact) mass is 286 g/mol. The molecule has 0 saturated carbocycles. The van der Waals surface area contributed by atoms with Gasteiger partial charge < -0.3 is 10.6 Å². The number of hydrogen-bond donors (Lipinski definition) is 1. The van der Waals surface area contributed by atoms with Gasteiger partial charge in [0.2, 0.25) is 5.91 Å². The van der Waals surface area contributed by atoms with Gasteiger partial charge in [0.25, 0.3) is 0 Å². The van der Waals surface area contributed by atoms with Gasteiger partial charge in [-0.15, -0.1) is 0 Å². The average molecular weight is 287 g/mol. The maximum Gasteiger partial charge on any atom is 0.227 e. The number of halogens is 2. The largest absolute Gasteiger partial charge is 0.342 e. The molecule has 1 fully saturated rings. The van der Waals surface area contributed by atoms with Crippen LogP contribution in [0.15, 0.2) is 18.2 Å². The van der Waals surface area contributed by atoms with Crippen molar-refractivity contribution in [2.75, 3.05) is 13.1 Å². The Balaban J connectivity index is 2.03. The molecule has 0 aromatic heterocycles. The molecule has 0 radical (unpaired) electrons. The first-order valence-electron chi connectivity index (χ1n) is 6.04. The van der Waals surface area contributed by atoms with Crippen LogP contribution < -0.4 is 5.73 Å². The Morgan fingerprint density at radius 3 is 2.39 bits per heavy atom. The third kappa shape index (κ3) is 3.16. The van der Waals surface area contributed by atoms with E-state index in [2.05, 4.69) is 0 Å². The van der Waals surface area contributed by atoms with Crippen LogP contribution in [0.2, 0.25) is 10.0 Å². The number of nitrogens with two attached hydrogens (primary N) is 1. The molecule has 1 saturated heterocycles. The Morgan fingerprint density at radius 2 is 1.83 bits per heavy atom. The highest BCUT2D eigenvalue weighted by atomic mass is 35.5. The molecule has 0 bridgehead atoms. The van der Waals surface area contributed by atoms with Crippen molar-refractivity contribution in [1.29, 1.82) is 0 Å². The lowest BCUT2D eigenvalue weighted by atomic mass is 10.0. The van der Waals surface area contributed by atoms with Crippen molar-refractivity contribution in [3.8, 4) is 0 Å². The maximum absolute atomic E-state index is 12.1. The molecular weight excluding hydrogens is 271 g/mol. The molecule has 98 valence electrons.